The summed E-state index contributed by atoms with van der Waals surface area (Å²) in [7, 11) is 1.54. The van der Waals surface area contributed by atoms with Gasteiger partial charge >= 0.3 is 6.18 Å². The van der Waals surface area contributed by atoms with Crippen LogP contribution in [0.1, 0.15) is 21.6 Å². The number of aromatic nitrogens is 1. The summed E-state index contributed by atoms with van der Waals surface area (Å²) < 4.78 is 49.4. The van der Waals surface area contributed by atoms with Gasteiger partial charge in [-0.3, -0.25) is 4.79 Å². The third-order valence-corrected chi connectivity index (χ3v) is 3.82. The summed E-state index contributed by atoms with van der Waals surface area (Å²) in [5, 5.41) is 6.26. The second kappa shape index (κ2) is 7.53. The lowest BCUT2D eigenvalue weighted by atomic mass is 10.1. The van der Waals surface area contributed by atoms with Gasteiger partial charge in [0, 0.05) is 11.6 Å². The van der Waals surface area contributed by atoms with Crippen molar-refractivity contribution in [2.45, 2.75) is 12.7 Å². The van der Waals surface area contributed by atoms with Crippen molar-refractivity contribution in [3.8, 4) is 17.1 Å². The fourth-order valence-corrected chi connectivity index (χ4v) is 2.50. The Bertz CT molecular complexity index is 951. The molecule has 0 radical (unpaired) electrons. The van der Waals surface area contributed by atoms with Gasteiger partial charge in [0.25, 0.3) is 5.91 Å². The number of halogens is 3. The largest absolute Gasteiger partial charge is 0.497 e. The van der Waals surface area contributed by atoms with Crippen molar-refractivity contribution < 1.29 is 27.2 Å². The van der Waals surface area contributed by atoms with Crippen LogP contribution in [-0.2, 0) is 12.7 Å². The number of carbonyl (C=O) groups excluding carboxylic acids is 1. The van der Waals surface area contributed by atoms with Crippen molar-refractivity contribution in [1.82, 2.24) is 10.5 Å². The standard InChI is InChI=1S/C19H15F3N2O3/c1-26-14-6-4-5-12(9-14)17-10-13(24-27-17)11-23-18(25)15-7-2-3-8-16(15)19(20,21)22/h2-10H,11H2,1H3,(H,23,25). The van der Waals surface area contributed by atoms with Crippen LogP contribution in [0, 0.1) is 0 Å². The van der Waals surface area contributed by atoms with Crippen LogP contribution in [0.2, 0.25) is 0 Å². The number of amides is 1. The van der Waals surface area contributed by atoms with E-state index in [1.54, 1.807) is 37.4 Å². The third kappa shape index (κ3) is 4.28. The molecule has 0 saturated heterocycles. The van der Waals surface area contributed by atoms with Crippen molar-refractivity contribution in [3.63, 3.8) is 0 Å². The quantitative estimate of drug-likeness (QED) is 0.721. The zero-order valence-corrected chi connectivity index (χ0v) is 14.2. The molecule has 1 N–H and O–H groups in total. The molecule has 0 unspecified atom stereocenters. The minimum atomic E-state index is -4.61. The van der Waals surface area contributed by atoms with E-state index >= 15 is 0 Å². The fourth-order valence-electron chi connectivity index (χ4n) is 2.50. The number of alkyl halides is 3. The van der Waals surface area contributed by atoms with Gasteiger partial charge in [-0.1, -0.05) is 29.4 Å². The lowest BCUT2D eigenvalue weighted by molar-refractivity contribution is -0.137. The molecule has 27 heavy (non-hydrogen) atoms. The first kappa shape index (κ1) is 18.5. The van der Waals surface area contributed by atoms with E-state index in [1.165, 1.54) is 12.1 Å². The highest BCUT2D eigenvalue weighted by molar-refractivity contribution is 5.95. The number of hydrogen-bond acceptors (Lipinski definition) is 4. The molecule has 3 rings (SSSR count). The van der Waals surface area contributed by atoms with Crippen LogP contribution in [0.15, 0.2) is 59.1 Å². The Labute approximate surface area is 152 Å². The molecule has 1 amide bonds. The van der Waals surface area contributed by atoms with Crippen LogP contribution in [0.5, 0.6) is 5.75 Å². The maximum atomic E-state index is 13.0. The van der Waals surface area contributed by atoms with E-state index in [4.69, 9.17) is 9.26 Å². The Hall–Kier alpha value is -3.29. The molecule has 0 aliphatic carbocycles. The predicted molar refractivity (Wildman–Crippen MR) is 91.1 cm³/mol. The molecule has 0 atom stereocenters. The Morgan fingerprint density at radius 3 is 2.67 bits per heavy atom. The number of ether oxygens (including phenoxy) is 1. The van der Waals surface area contributed by atoms with Crippen LogP contribution in [0.3, 0.4) is 0 Å². The van der Waals surface area contributed by atoms with Crippen molar-refractivity contribution in [1.29, 1.82) is 0 Å². The second-order valence-corrected chi connectivity index (χ2v) is 5.64. The highest BCUT2D eigenvalue weighted by Gasteiger charge is 2.34. The van der Waals surface area contributed by atoms with E-state index in [1.807, 2.05) is 0 Å². The van der Waals surface area contributed by atoms with Gasteiger partial charge in [-0.15, -0.1) is 0 Å². The number of hydrogen-bond donors (Lipinski definition) is 1. The highest BCUT2D eigenvalue weighted by Crippen LogP contribution is 2.31. The van der Waals surface area contributed by atoms with Crippen molar-refractivity contribution in [2.24, 2.45) is 0 Å². The number of carbonyl (C=O) groups is 1. The Balaban J connectivity index is 1.71. The van der Waals surface area contributed by atoms with Crippen LogP contribution >= 0.6 is 0 Å². The van der Waals surface area contributed by atoms with E-state index in [0.717, 1.165) is 17.7 Å². The zero-order valence-electron chi connectivity index (χ0n) is 14.2. The van der Waals surface area contributed by atoms with Gasteiger partial charge in [-0.25, -0.2) is 0 Å². The average molecular weight is 376 g/mol. The molecule has 1 heterocycles. The molecule has 0 saturated carbocycles. The van der Waals surface area contributed by atoms with Crippen LogP contribution in [0.4, 0.5) is 13.2 Å². The molecule has 2 aromatic carbocycles. The molecule has 0 spiro atoms. The van der Waals surface area contributed by atoms with E-state index in [9.17, 15) is 18.0 Å². The molecule has 3 aromatic rings. The molecular formula is C19H15F3N2O3. The molecule has 8 heteroatoms. The zero-order chi connectivity index (χ0) is 19.4. The topological polar surface area (TPSA) is 64.4 Å². The Morgan fingerprint density at radius 1 is 1.15 bits per heavy atom. The van der Waals surface area contributed by atoms with E-state index < -0.39 is 23.2 Å². The summed E-state index contributed by atoms with van der Waals surface area (Å²) in [6.45, 7) is -0.0709. The number of nitrogens with one attached hydrogen (secondary N) is 1. The van der Waals surface area contributed by atoms with Gasteiger partial charge in [-0.2, -0.15) is 13.2 Å². The molecule has 0 bridgehead atoms. The lowest BCUT2D eigenvalue weighted by Crippen LogP contribution is -2.26. The molecule has 0 aliphatic heterocycles. The Morgan fingerprint density at radius 2 is 1.93 bits per heavy atom. The maximum absolute atomic E-state index is 13.0. The van der Waals surface area contributed by atoms with Crippen LogP contribution < -0.4 is 10.1 Å². The van der Waals surface area contributed by atoms with Gasteiger partial charge in [0.2, 0.25) is 0 Å². The Kier molecular flexibility index (Phi) is 5.16. The maximum Gasteiger partial charge on any atom is 0.417 e. The minimum absolute atomic E-state index is 0.0709. The first-order valence-corrected chi connectivity index (χ1v) is 7.93. The first-order chi connectivity index (χ1) is 12.9. The number of methoxy groups -OCH3 is 1. The summed E-state index contributed by atoms with van der Waals surface area (Å²) >= 11 is 0. The monoisotopic (exact) mass is 376 g/mol. The van der Waals surface area contributed by atoms with Crippen molar-refractivity contribution in [2.75, 3.05) is 7.11 Å². The highest BCUT2D eigenvalue weighted by atomic mass is 19.4. The fraction of sp³-hybridized carbons (Fsp3) is 0.158. The van der Waals surface area contributed by atoms with E-state index in [-0.39, 0.29) is 6.54 Å². The van der Waals surface area contributed by atoms with Crippen LogP contribution in [0.25, 0.3) is 11.3 Å². The first-order valence-electron chi connectivity index (χ1n) is 7.93. The minimum Gasteiger partial charge on any atom is -0.497 e. The molecule has 0 aliphatic rings. The van der Waals surface area contributed by atoms with Gasteiger partial charge in [-0.05, 0) is 24.3 Å². The van der Waals surface area contributed by atoms with Crippen LogP contribution in [-0.4, -0.2) is 18.2 Å². The molecule has 0 fully saturated rings. The SMILES string of the molecule is COc1cccc(-c2cc(CNC(=O)c3ccccc3C(F)(F)F)no2)c1. The number of rotatable bonds is 5. The lowest BCUT2D eigenvalue weighted by Gasteiger charge is -2.12. The van der Waals surface area contributed by atoms with Gasteiger partial charge in [0.05, 0.1) is 24.8 Å². The number of benzene rings is 2. The molecular weight excluding hydrogens is 361 g/mol. The van der Waals surface area contributed by atoms with E-state index in [0.29, 0.717) is 17.2 Å². The summed E-state index contributed by atoms with van der Waals surface area (Å²) in [5.41, 5.74) is -0.325. The van der Waals surface area contributed by atoms with E-state index in [2.05, 4.69) is 10.5 Å². The summed E-state index contributed by atoms with van der Waals surface area (Å²) in [4.78, 5) is 12.2. The van der Waals surface area contributed by atoms with Gasteiger partial charge in [0.1, 0.15) is 11.4 Å². The van der Waals surface area contributed by atoms with Crippen molar-refractivity contribution >= 4 is 5.91 Å². The number of nitrogens with zero attached hydrogens (tertiary/aromatic N) is 1. The molecule has 140 valence electrons. The van der Waals surface area contributed by atoms with Gasteiger partial charge in [0.15, 0.2) is 5.76 Å². The summed E-state index contributed by atoms with van der Waals surface area (Å²) in [6.07, 6.45) is -4.61. The predicted octanol–water partition coefficient (Wildman–Crippen LogP) is 4.30. The summed E-state index contributed by atoms with van der Waals surface area (Å²) in [5.74, 6) is 0.255. The van der Waals surface area contributed by atoms with Gasteiger partial charge < -0.3 is 14.6 Å². The van der Waals surface area contributed by atoms with Crippen molar-refractivity contribution in [3.05, 3.63) is 71.4 Å². The summed E-state index contributed by atoms with van der Waals surface area (Å²) in [6, 6.07) is 13.3. The average Bonchev–Trinajstić information content (AvgIpc) is 3.14. The smallest absolute Gasteiger partial charge is 0.417 e. The normalized spacial score (nSPS) is 11.3. The molecule has 5 nitrogen and oxygen atoms in total. The third-order valence-electron chi connectivity index (χ3n) is 3.82. The molecule has 1 aromatic heterocycles. The second-order valence-electron chi connectivity index (χ2n) is 5.64.